The van der Waals surface area contributed by atoms with Crippen LogP contribution in [0.25, 0.3) is 15.8 Å². The van der Waals surface area contributed by atoms with Crippen LogP contribution >= 0.6 is 11.3 Å². The molecular weight excluding hydrogens is 272 g/mol. The summed E-state index contributed by atoms with van der Waals surface area (Å²) in [5.41, 5.74) is 1.28. The zero-order valence-corrected chi connectivity index (χ0v) is 11.2. The molecule has 0 fully saturated rings. The Morgan fingerprint density at radius 3 is 2.80 bits per heavy atom. The van der Waals surface area contributed by atoms with Gasteiger partial charge in [-0.1, -0.05) is 30.3 Å². The molecule has 4 rings (SSSR count). The molecular formula is C15H10N2O2S. The SMILES string of the molecule is O=c1nc2n(c3sccc13)CC(O)=C2c1ccccc1. The van der Waals surface area contributed by atoms with Gasteiger partial charge in [-0.05, 0) is 17.0 Å². The van der Waals surface area contributed by atoms with Crippen molar-refractivity contribution >= 4 is 27.1 Å². The number of thiophene rings is 1. The third-order valence-electron chi connectivity index (χ3n) is 3.47. The third kappa shape index (κ3) is 1.47. The molecule has 2 aromatic heterocycles. The van der Waals surface area contributed by atoms with E-state index in [4.69, 9.17) is 0 Å². The second kappa shape index (κ2) is 4.05. The molecule has 3 aromatic rings. The van der Waals surface area contributed by atoms with Gasteiger partial charge in [-0.2, -0.15) is 4.98 Å². The van der Waals surface area contributed by atoms with Gasteiger partial charge < -0.3 is 9.67 Å². The number of aliphatic hydroxyl groups is 1. The van der Waals surface area contributed by atoms with Crippen LogP contribution in [-0.4, -0.2) is 14.7 Å². The Labute approximate surface area is 118 Å². The van der Waals surface area contributed by atoms with E-state index in [1.807, 2.05) is 40.3 Å². The predicted octanol–water partition coefficient (Wildman–Crippen LogP) is 2.79. The molecule has 0 amide bonds. The van der Waals surface area contributed by atoms with Gasteiger partial charge in [-0.25, -0.2) is 0 Å². The van der Waals surface area contributed by atoms with Crippen LogP contribution in [0, 0.1) is 0 Å². The van der Waals surface area contributed by atoms with E-state index < -0.39 is 0 Å². The molecule has 98 valence electrons. The van der Waals surface area contributed by atoms with Crippen LogP contribution in [0.1, 0.15) is 11.4 Å². The summed E-state index contributed by atoms with van der Waals surface area (Å²) >= 11 is 1.49. The van der Waals surface area contributed by atoms with E-state index in [-0.39, 0.29) is 11.3 Å². The second-order valence-electron chi connectivity index (χ2n) is 4.65. The maximum Gasteiger partial charge on any atom is 0.281 e. The largest absolute Gasteiger partial charge is 0.510 e. The average Bonchev–Trinajstić information content (AvgIpc) is 3.04. The van der Waals surface area contributed by atoms with Crippen molar-refractivity contribution in [2.45, 2.75) is 6.54 Å². The van der Waals surface area contributed by atoms with E-state index in [1.165, 1.54) is 11.3 Å². The zero-order valence-electron chi connectivity index (χ0n) is 10.4. The Kier molecular flexibility index (Phi) is 2.31. The van der Waals surface area contributed by atoms with Crippen LogP contribution in [0.4, 0.5) is 0 Å². The molecule has 1 aliphatic rings. The van der Waals surface area contributed by atoms with Crippen molar-refractivity contribution in [1.82, 2.24) is 9.55 Å². The third-order valence-corrected chi connectivity index (χ3v) is 4.40. The maximum absolute atomic E-state index is 12.1. The molecule has 0 radical (unpaired) electrons. The molecule has 5 heteroatoms. The molecule has 0 atom stereocenters. The van der Waals surface area contributed by atoms with Gasteiger partial charge in [0.25, 0.3) is 5.56 Å². The summed E-state index contributed by atoms with van der Waals surface area (Å²) in [7, 11) is 0. The lowest BCUT2D eigenvalue weighted by Gasteiger charge is -2.06. The van der Waals surface area contributed by atoms with E-state index in [0.29, 0.717) is 23.3 Å². The molecule has 1 aliphatic heterocycles. The molecule has 0 spiro atoms. The van der Waals surface area contributed by atoms with Crippen LogP contribution in [0.2, 0.25) is 0 Å². The van der Waals surface area contributed by atoms with E-state index in [2.05, 4.69) is 4.98 Å². The molecule has 1 N–H and O–H groups in total. The molecule has 0 unspecified atom stereocenters. The number of rotatable bonds is 1. The number of hydrogen-bond donors (Lipinski definition) is 1. The minimum atomic E-state index is -0.240. The van der Waals surface area contributed by atoms with Gasteiger partial charge in [0, 0.05) is 0 Å². The molecule has 0 saturated heterocycles. The lowest BCUT2D eigenvalue weighted by atomic mass is 10.1. The number of aliphatic hydroxyl groups excluding tert-OH is 1. The number of aromatic nitrogens is 2. The molecule has 0 aliphatic carbocycles. The highest BCUT2D eigenvalue weighted by molar-refractivity contribution is 7.16. The Morgan fingerprint density at radius 2 is 2.00 bits per heavy atom. The van der Waals surface area contributed by atoms with E-state index in [0.717, 1.165) is 10.4 Å². The van der Waals surface area contributed by atoms with Gasteiger partial charge in [-0.3, -0.25) is 4.79 Å². The van der Waals surface area contributed by atoms with Crippen molar-refractivity contribution in [3.8, 4) is 0 Å². The van der Waals surface area contributed by atoms with Crippen LogP contribution in [0.3, 0.4) is 0 Å². The van der Waals surface area contributed by atoms with Crippen molar-refractivity contribution in [1.29, 1.82) is 0 Å². The molecule has 4 nitrogen and oxygen atoms in total. The van der Waals surface area contributed by atoms with E-state index in [9.17, 15) is 9.90 Å². The Hall–Kier alpha value is -2.40. The monoisotopic (exact) mass is 282 g/mol. The van der Waals surface area contributed by atoms with E-state index >= 15 is 0 Å². The molecule has 1 aromatic carbocycles. The van der Waals surface area contributed by atoms with Crippen molar-refractivity contribution in [2.75, 3.05) is 0 Å². The molecule has 0 saturated carbocycles. The number of fused-ring (bicyclic) bond motifs is 3. The first kappa shape index (κ1) is 11.4. The summed E-state index contributed by atoms with van der Waals surface area (Å²) in [6.07, 6.45) is 0. The summed E-state index contributed by atoms with van der Waals surface area (Å²) in [6.45, 7) is 0.365. The van der Waals surface area contributed by atoms with Gasteiger partial charge in [0.15, 0.2) is 0 Å². The van der Waals surface area contributed by atoms with Crippen molar-refractivity contribution in [3.05, 3.63) is 69.3 Å². The first-order valence-corrected chi connectivity index (χ1v) is 7.09. The zero-order chi connectivity index (χ0) is 13.7. The average molecular weight is 282 g/mol. The Balaban J connectivity index is 2.04. The minimum Gasteiger partial charge on any atom is -0.510 e. The van der Waals surface area contributed by atoms with Gasteiger partial charge in [-0.15, -0.1) is 11.3 Å². The van der Waals surface area contributed by atoms with Crippen molar-refractivity contribution < 1.29 is 5.11 Å². The van der Waals surface area contributed by atoms with E-state index in [1.54, 1.807) is 6.07 Å². The Bertz CT molecular complexity index is 907. The van der Waals surface area contributed by atoms with Gasteiger partial charge in [0.2, 0.25) is 0 Å². The lowest BCUT2D eigenvalue weighted by Crippen LogP contribution is -2.14. The Morgan fingerprint density at radius 1 is 1.20 bits per heavy atom. The van der Waals surface area contributed by atoms with Gasteiger partial charge in [0.05, 0.1) is 17.5 Å². The minimum absolute atomic E-state index is 0.240. The lowest BCUT2D eigenvalue weighted by molar-refractivity contribution is 0.389. The topological polar surface area (TPSA) is 55.1 Å². The van der Waals surface area contributed by atoms with Crippen LogP contribution < -0.4 is 5.56 Å². The highest BCUT2D eigenvalue weighted by Crippen LogP contribution is 2.33. The summed E-state index contributed by atoms with van der Waals surface area (Å²) in [5, 5.41) is 12.8. The molecule has 20 heavy (non-hydrogen) atoms. The smallest absolute Gasteiger partial charge is 0.281 e. The normalized spacial score (nSPS) is 14.0. The summed E-state index contributed by atoms with van der Waals surface area (Å²) in [4.78, 5) is 17.1. The first-order valence-electron chi connectivity index (χ1n) is 6.21. The van der Waals surface area contributed by atoms with Crippen LogP contribution in [-0.2, 0) is 6.54 Å². The number of hydrogen-bond acceptors (Lipinski definition) is 4. The first-order chi connectivity index (χ1) is 9.75. The van der Waals surface area contributed by atoms with Crippen LogP contribution in [0.15, 0.2) is 52.3 Å². The molecule has 3 heterocycles. The summed E-state index contributed by atoms with van der Waals surface area (Å²) in [5.74, 6) is 0.803. The van der Waals surface area contributed by atoms with Gasteiger partial charge >= 0.3 is 0 Å². The second-order valence-corrected chi connectivity index (χ2v) is 5.55. The number of benzene rings is 1. The fourth-order valence-corrected chi connectivity index (χ4v) is 3.48. The fourth-order valence-electron chi connectivity index (χ4n) is 2.58. The standard InChI is InChI=1S/C15H10N2O2S/c18-11-8-17-13(12(11)9-4-2-1-3-5-9)16-14(19)10-6-7-20-15(10)17/h1-7,18H,8H2. The molecule has 0 bridgehead atoms. The summed E-state index contributed by atoms with van der Waals surface area (Å²) in [6, 6.07) is 11.3. The summed E-state index contributed by atoms with van der Waals surface area (Å²) < 4.78 is 1.90. The van der Waals surface area contributed by atoms with Crippen molar-refractivity contribution in [2.24, 2.45) is 0 Å². The maximum atomic E-state index is 12.1. The van der Waals surface area contributed by atoms with Crippen LogP contribution in [0.5, 0.6) is 0 Å². The number of allylic oxidation sites excluding steroid dienone is 1. The predicted molar refractivity (Wildman–Crippen MR) is 79.0 cm³/mol. The van der Waals surface area contributed by atoms with Crippen molar-refractivity contribution in [3.63, 3.8) is 0 Å². The fraction of sp³-hybridized carbons (Fsp3) is 0.0667. The highest BCUT2D eigenvalue weighted by atomic mass is 32.1. The number of nitrogens with zero attached hydrogens (tertiary/aromatic N) is 2. The van der Waals surface area contributed by atoms with Gasteiger partial charge in [0.1, 0.15) is 16.4 Å². The highest BCUT2D eigenvalue weighted by Gasteiger charge is 2.26. The quantitative estimate of drug-likeness (QED) is 0.746.